The molecule has 30 heavy (non-hydrogen) atoms. The van der Waals surface area contributed by atoms with E-state index < -0.39 is 0 Å². The van der Waals surface area contributed by atoms with Gasteiger partial charge in [0.15, 0.2) is 0 Å². The predicted octanol–water partition coefficient (Wildman–Crippen LogP) is 2.17. The van der Waals surface area contributed by atoms with Gasteiger partial charge in [0.25, 0.3) is 0 Å². The Labute approximate surface area is 177 Å². The number of aliphatic hydroxyl groups is 1. The second-order valence-corrected chi connectivity index (χ2v) is 9.29. The Morgan fingerprint density at radius 2 is 2.00 bits per heavy atom. The summed E-state index contributed by atoms with van der Waals surface area (Å²) >= 11 is 0. The van der Waals surface area contributed by atoms with Gasteiger partial charge in [-0.1, -0.05) is 12.1 Å². The normalized spacial score (nSPS) is 28.7. The van der Waals surface area contributed by atoms with Crippen LogP contribution < -0.4 is 10.2 Å². The SMILES string of the molecule is CC(=O)N[C@@H]1C[C@@H]2CN(c3nc4ccccc4n3CCO)C[C@@H]2C[C@H]1OCC1CC1. The summed E-state index contributed by atoms with van der Waals surface area (Å²) in [5.74, 6) is 2.76. The number of fused-ring (bicyclic) bond motifs is 2. The first kappa shape index (κ1) is 19.8. The van der Waals surface area contributed by atoms with Gasteiger partial charge in [-0.25, -0.2) is 4.98 Å². The van der Waals surface area contributed by atoms with E-state index in [9.17, 15) is 9.90 Å². The molecule has 2 N–H and O–H groups in total. The molecule has 7 heteroatoms. The monoisotopic (exact) mass is 412 g/mol. The highest BCUT2D eigenvalue weighted by Crippen LogP contribution is 2.40. The van der Waals surface area contributed by atoms with E-state index in [0.29, 0.717) is 18.4 Å². The molecule has 1 amide bonds. The molecule has 1 aromatic carbocycles. The van der Waals surface area contributed by atoms with Gasteiger partial charge in [0.2, 0.25) is 11.9 Å². The third-order valence-corrected chi connectivity index (χ3v) is 6.99. The molecule has 1 aliphatic heterocycles. The van der Waals surface area contributed by atoms with Crippen LogP contribution in [0.15, 0.2) is 24.3 Å². The molecule has 1 aromatic heterocycles. The fraction of sp³-hybridized carbons (Fsp3) is 0.652. The number of imidazole rings is 1. The number of hydrogen-bond donors (Lipinski definition) is 2. The summed E-state index contributed by atoms with van der Waals surface area (Å²) in [5, 5.41) is 12.8. The standard InChI is InChI=1S/C23H32N4O3/c1-15(29)24-20-10-17-12-26(13-18(17)11-22(20)30-14-16-6-7-16)23-25-19-4-2-3-5-21(19)27(23)8-9-28/h2-5,16-18,20,22,28H,6-14H2,1H3,(H,24,29)/t17-,18+,20-,22-/m1/s1. The molecule has 2 heterocycles. The van der Waals surface area contributed by atoms with Crippen molar-refractivity contribution in [2.24, 2.45) is 17.8 Å². The number of amides is 1. The fourth-order valence-electron chi connectivity index (χ4n) is 5.34. The van der Waals surface area contributed by atoms with Gasteiger partial charge in [-0.15, -0.1) is 0 Å². The lowest BCUT2D eigenvalue weighted by Gasteiger charge is -2.38. The van der Waals surface area contributed by atoms with Crippen LogP contribution in [0.4, 0.5) is 5.95 Å². The van der Waals surface area contributed by atoms with E-state index in [2.05, 4.69) is 20.9 Å². The Morgan fingerprint density at radius 3 is 2.73 bits per heavy atom. The predicted molar refractivity (Wildman–Crippen MR) is 115 cm³/mol. The number of benzene rings is 1. The molecule has 2 saturated carbocycles. The third-order valence-electron chi connectivity index (χ3n) is 6.99. The number of rotatable bonds is 7. The molecule has 4 atom stereocenters. The van der Waals surface area contributed by atoms with Gasteiger partial charge in [0, 0.05) is 33.2 Å². The van der Waals surface area contributed by atoms with Crippen molar-refractivity contribution in [2.45, 2.75) is 51.3 Å². The topological polar surface area (TPSA) is 79.6 Å². The van der Waals surface area contributed by atoms with Gasteiger partial charge in [0.1, 0.15) is 0 Å². The minimum atomic E-state index is 0.0260. The number of nitrogens with zero attached hydrogens (tertiary/aromatic N) is 3. The first-order chi connectivity index (χ1) is 14.6. The van der Waals surface area contributed by atoms with E-state index >= 15 is 0 Å². The number of aliphatic hydroxyl groups excluding tert-OH is 1. The van der Waals surface area contributed by atoms with Gasteiger partial charge in [-0.2, -0.15) is 0 Å². The highest BCUT2D eigenvalue weighted by molar-refractivity contribution is 5.79. The van der Waals surface area contributed by atoms with Crippen molar-refractivity contribution in [3.05, 3.63) is 24.3 Å². The van der Waals surface area contributed by atoms with Crippen LogP contribution >= 0.6 is 0 Å². The minimum Gasteiger partial charge on any atom is -0.395 e. The zero-order valence-electron chi connectivity index (χ0n) is 17.7. The van der Waals surface area contributed by atoms with Crippen LogP contribution in [0.5, 0.6) is 0 Å². The summed E-state index contributed by atoms with van der Waals surface area (Å²) < 4.78 is 8.43. The summed E-state index contributed by atoms with van der Waals surface area (Å²) in [5.41, 5.74) is 2.04. The second-order valence-electron chi connectivity index (χ2n) is 9.29. The van der Waals surface area contributed by atoms with Crippen molar-refractivity contribution in [3.63, 3.8) is 0 Å². The molecular formula is C23H32N4O3. The van der Waals surface area contributed by atoms with Crippen LogP contribution in [-0.2, 0) is 16.1 Å². The van der Waals surface area contributed by atoms with E-state index in [1.165, 1.54) is 12.8 Å². The Hall–Kier alpha value is -2.12. The van der Waals surface area contributed by atoms with E-state index in [0.717, 1.165) is 55.4 Å². The smallest absolute Gasteiger partial charge is 0.217 e. The summed E-state index contributed by atoms with van der Waals surface area (Å²) in [6, 6.07) is 8.22. The number of carbonyl (C=O) groups is 1. The Kier molecular flexibility index (Phi) is 5.41. The summed E-state index contributed by atoms with van der Waals surface area (Å²) in [6.07, 6.45) is 4.60. The van der Waals surface area contributed by atoms with Crippen molar-refractivity contribution in [1.82, 2.24) is 14.9 Å². The van der Waals surface area contributed by atoms with E-state index in [1.807, 2.05) is 18.2 Å². The maximum atomic E-state index is 11.8. The molecule has 7 nitrogen and oxygen atoms in total. The number of hydrogen-bond acceptors (Lipinski definition) is 5. The molecule has 2 aromatic rings. The highest BCUT2D eigenvalue weighted by Gasteiger charge is 2.44. The number of aromatic nitrogens is 2. The van der Waals surface area contributed by atoms with Crippen molar-refractivity contribution in [1.29, 1.82) is 0 Å². The van der Waals surface area contributed by atoms with E-state index in [1.54, 1.807) is 6.92 Å². The van der Waals surface area contributed by atoms with Crippen LogP contribution in [0.25, 0.3) is 11.0 Å². The van der Waals surface area contributed by atoms with Crippen molar-refractivity contribution in [3.8, 4) is 0 Å². The number of nitrogens with one attached hydrogen (secondary N) is 1. The molecule has 0 bridgehead atoms. The lowest BCUT2D eigenvalue weighted by molar-refractivity contribution is -0.122. The number of carbonyl (C=O) groups excluding carboxylic acids is 1. The van der Waals surface area contributed by atoms with Gasteiger partial charge in [0.05, 0.1) is 29.8 Å². The zero-order chi connectivity index (χ0) is 20.7. The summed E-state index contributed by atoms with van der Waals surface area (Å²) in [4.78, 5) is 19.1. The van der Waals surface area contributed by atoms with Crippen LogP contribution in [0, 0.1) is 17.8 Å². The minimum absolute atomic E-state index is 0.0260. The second kappa shape index (κ2) is 8.19. The molecule has 0 radical (unpaired) electrons. The maximum absolute atomic E-state index is 11.8. The average Bonchev–Trinajstić information content (AvgIpc) is 3.36. The molecule has 0 unspecified atom stereocenters. The summed E-state index contributed by atoms with van der Waals surface area (Å²) in [7, 11) is 0. The van der Waals surface area contributed by atoms with Gasteiger partial charge >= 0.3 is 0 Å². The Balaban J connectivity index is 1.35. The average molecular weight is 413 g/mol. The molecule has 2 aliphatic carbocycles. The van der Waals surface area contributed by atoms with Crippen LogP contribution in [0.1, 0.15) is 32.6 Å². The van der Waals surface area contributed by atoms with Crippen LogP contribution in [0.3, 0.4) is 0 Å². The van der Waals surface area contributed by atoms with Crippen LogP contribution in [-0.4, -0.2) is 59.0 Å². The fourth-order valence-corrected chi connectivity index (χ4v) is 5.34. The molecule has 1 saturated heterocycles. The molecule has 0 spiro atoms. The molecule has 3 fully saturated rings. The Morgan fingerprint density at radius 1 is 1.23 bits per heavy atom. The molecule has 5 rings (SSSR count). The number of ether oxygens (including phenoxy) is 1. The highest BCUT2D eigenvalue weighted by atomic mass is 16.5. The van der Waals surface area contributed by atoms with Crippen molar-refractivity contribution < 1.29 is 14.6 Å². The lowest BCUT2D eigenvalue weighted by atomic mass is 9.77. The third kappa shape index (κ3) is 3.93. The van der Waals surface area contributed by atoms with Gasteiger partial charge in [-0.3, -0.25) is 4.79 Å². The number of anilines is 1. The number of para-hydroxylation sites is 2. The van der Waals surface area contributed by atoms with E-state index in [-0.39, 0.29) is 24.7 Å². The first-order valence-corrected chi connectivity index (χ1v) is 11.3. The van der Waals surface area contributed by atoms with Gasteiger partial charge in [-0.05, 0) is 55.6 Å². The summed E-state index contributed by atoms with van der Waals surface area (Å²) in [6.45, 7) is 4.95. The first-order valence-electron chi connectivity index (χ1n) is 11.3. The largest absolute Gasteiger partial charge is 0.395 e. The molecule has 3 aliphatic rings. The maximum Gasteiger partial charge on any atom is 0.217 e. The van der Waals surface area contributed by atoms with Crippen molar-refractivity contribution in [2.75, 3.05) is 31.2 Å². The lowest BCUT2D eigenvalue weighted by Crippen LogP contribution is -2.50. The molecular weight excluding hydrogens is 380 g/mol. The van der Waals surface area contributed by atoms with Crippen molar-refractivity contribution >= 4 is 22.9 Å². The Bertz CT molecular complexity index is 909. The van der Waals surface area contributed by atoms with Crippen LogP contribution in [0.2, 0.25) is 0 Å². The van der Waals surface area contributed by atoms with Gasteiger partial charge < -0.3 is 24.6 Å². The zero-order valence-corrected chi connectivity index (χ0v) is 17.7. The molecule has 162 valence electrons. The van der Waals surface area contributed by atoms with E-state index in [4.69, 9.17) is 9.72 Å². The quantitative estimate of drug-likeness (QED) is 0.729.